The van der Waals surface area contributed by atoms with E-state index in [0.29, 0.717) is 12.1 Å². The highest BCUT2D eigenvalue weighted by Gasteiger charge is 2.31. The lowest BCUT2D eigenvalue weighted by Crippen LogP contribution is -2.25. The number of fused-ring (bicyclic) bond motifs is 1. The van der Waals surface area contributed by atoms with E-state index in [0.717, 1.165) is 33.9 Å². The van der Waals surface area contributed by atoms with Crippen LogP contribution in [0.15, 0.2) is 54.6 Å². The van der Waals surface area contributed by atoms with Gasteiger partial charge in [0.1, 0.15) is 0 Å². The monoisotopic (exact) mass is 387 g/mol. The van der Waals surface area contributed by atoms with Crippen molar-refractivity contribution in [1.29, 1.82) is 0 Å². The van der Waals surface area contributed by atoms with Crippen LogP contribution in [0.4, 0.5) is 11.4 Å². The Morgan fingerprint density at radius 2 is 1.83 bits per heavy atom. The molecule has 0 radical (unpaired) electrons. The molecule has 0 bridgehead atoms. The van der Waals surface area contributed by atoms with E-state index in [4.69, 9.17) is 0 Å². The number of hydrogen-bond acceptors (Lipinski definition) is 3. The topological polar surface area (TPSA) is 68.4 Å². The van der Waals surface area contributed by atoms with Crippen molar-refractivity contribution >= 4 is 28.9 Å². The molecule has 0 aliphatic carbocycles. The highest BCUT2D eigenvalue weighted by molar-refractivity contribution is 6.35. The summed E-state index contributed by atoms with van der Waals surface area (Å²) in [5.74, 6) is -0.00569. The zero-order valence-corrected chi connectivity index (χ0v) is 16.5. The van der Waals surface area contributed by atoms with Gasteiger partial charge in [0.15, 0.2) is 0 Å². The second-order valence-electron chi connectivity index (χ2n) is 7.06. The zero-order valence-electron chi connectivity index (χ0n) is 16.5. The number of nitro benzene ring substituents is 1. The Hall–Kier alpha value is -3.67. The summed E-state index contributed by atoms with van der Waals surface area (Å²) in [6.07, 6.45) is 1.92. The Labute approximate surface area is 168 Å². The van der Waals surface area contributed by atoms with Crippen LogP contribution in [0.1, 0.15) is 29.4 Å². The molecule has 1 aliphatic rings. The molecule has 3 aromatic rings. The molecule has 6 nitrogen and oxygen atoms in total. The number of likely N-dealkylation sites (N-methyl/N-ethyl adjacent to an activating group) is 1. The number of benzene rings is 2. The van der Waals surface area contributed by atoms with E-state index < -0.39 is 4.92 Å². The standard InChI is InChI=1S/C23H21N3O3/c1-4-24-22-11-6-5-10-20(22)21(23(24)27)13-17-12-15(2)25(16(17)3)18-8-7-9-19(14-18)26(28)29/h5-14H,4H2,1-3H3/b21-13+. The third-order valence-electron chi connectivity index (χ3n) is 5.35. The predicted molar refractivity (Wildman–Crippen MR) is 114 cm³/mol. The van der Waals surface area contributed by atoms with Gasteiger partial charge in [-0.15, -0.1) is 0 Å². The number of carbonyl (C=O) groups excluding carboxylic acids is 1. The first kappa shape index (κ1) is 18.7. The van der Waals surface area contributed by atoms with Crippen molar-refractivity contribution in [2.24, 2.45) is 0 Å². The van der Waals surface area contributed by atoms with E-state index in [-0.39, 0.29) is 11.6 Å². The van der Waals surface area contributed by atoms with Crippen molar-refractivity contribution < 1.29 is 9.72 Å². The van der Waals surface area contributed by atoms with Crippen LogP contribution in [-0.4, -0.2) is 21.9 Å². The van der Waals surface area contributed by atoms with Gasteiger partial charge in [0.05, 0.1) is 16.3 Å². The molecule has 6 heteroatoms. The Morgan fingerprint density at radius 1 is 1.07 bits per heavy atom. The first-order chi connectivity index (χ1) is 13.9. The molecule has 2 aromatic carbocycles. The van der Waals surface area contributed by atoms with Crippen LogP contribution in [0, 0.1) is 24.0 Å². The molecule has 29 heavy (non-hydrogen) atoms. The third-order valence-corrected chi connectivity index (χ3v) is 5.35. The number of hydrogen-bond donors (Lipinski definition) is 0. The maximum absolute atomic E-state index is 13.0. The van der Waals surface area contributed by atoms with Crippen LogP contribution in [0.5, 0.6) is 0 Å². The quantitative estimate of drug-likeness (QED) is 0.363. The highest BCUT2D eigenvalue weighted by Crippen LogP contribution is 2.38. The molecule has 0 saturated carbocycles. The summed E-state index contributed by atoms with van der Waals surface area (Å²) in [6, 6.07) is 16.4. The lowest BCUT2D eigenvalue weighted by atomic mass is 10.0. The largest absolute Gasteiger partial charge is 0.318 e. The summed E-state index contributed by atoms with van der Waals surface area (Å²) in [6.45, 7) is 6.49. The van der Waals surface area contributed by atoms with Crippen molar-refractivity contribution in [3.05, 3.63) is 87.2 Å². The van der Waals surface area contributed by atoms with Crippen LogP contribution in [0.3, 0.4) is 0 Å². The van der Waals surface area contributed by atoms with Crippen molar-refractivity contribution in [3.63, 3.8) is 0 Å². The first-order valence-corrected chi connectivity index (χ1v) is 9.49. The van der Waals surface area contributed by atoms with E-state index in [9.17, 15) is 14.9 Å². The number of nitro groups is 1. The number of para-hydroxylation sites is 1. The number of aryl methyl sites for hydroxylation is 1. The fraction of sp³-hybridized carbons (Fsp3) is 0.174. The zero-order chi connectivity index (χ0) is 20.7. The Kier molecular flexibility index (Phi) is 4.54. The second kappa shape index (κ2) is 7.05. The van der Waals surface area contributed by atoms with Gasteiger partial charge in [-0.2, -0.15) is 0 Å². The number of aromatic nitrogens is 1. The Balaban J connectivity index is 1.83. The molecule has 0 fully saturated rings. The maximum atomic E-state index is 13.0. The molecule has 0 unspecified atom stereocenters. The van der Waals surface area contributed by atoms with Gasteiger partial charge in [0.2, 0.25) is 0 Å². The van der Waals surface area contributed by atoms with Crippen molar-refractivity contribution in [3.8, 4) is 5.69 Å². The molecule has 0 N–H and O–H groups in total. The molecule has 1 aromatic heterocycles. The van der Waals surface area contributed by atoms with Crippen molar-refractivity contribution in [2.45, 2.75) is 20.8 Å². The minimum Gasteiger partial charge on any atom is -0.318 e. The van der Waals surface area contributed by atoms with E-state index in [1.807, 2.05) is 67.8 Å². The van der Waals surface area contributed by atoms with Crippen LogP contribution in [0.2, 0.25) is 0 Å². The molecular weight excluding hydrogens is 366 g/mol. The third kappa shape index (κ3) is 3.02. The lowest BCUT2D eigenvalue weighted by molar-refractivity contribution is -0.384. The molecule has 0 atom stereocenters. The van der Waals surface area contributed by atoms with E-state index in [1.165, 1.54) is 6.07 Å². The Bertz CT molecular complexity index is 1170. The number of non-ortho nitro benzene ring substituents is 1. The normalized spacial score (nSPS) is 14.5. The van der Waals surface area contributed by atoms with Gasteiger partial charge in [0, 0.05) is 41.2 Å². The molecule has 146 valence electrons. The number of carbonyl (C=O) groups is 1. The molecule has 0 saturated heterocycles. The average Bonchev–Trinajstić information content (AvgIpc) is 3.15. The maximum Gasteiger partial charge on any atom is 0.271 e. The van der Waals surface area contributed by atoms with Crippen LogP contribution >= 0.6 is 0 Å². The second-order valence-corrected chi connectivity index (χ2v) is 7.06. The number of rotatable bonds is 4. The smallest absolute Gasteiger partial charge is 0.271 e. The van der Waals surface area contributed by atoms with Gasteiger partial charge in [-0.05, 0) is 50.6 Å². The van der Waals surface area contributed by atoms with Crippen LogP contribution in [0.25, 0.3) is 17.3 Å². The lowest BCUT2D eigenvalue weighted by Gasteiger charge is -2.13. The average molecular weight is 387 g/mol. The Morgan fingerprint density at radius 3 is 2.55 bits per heavy atom. The fourth-order valence-corrected chi connectivity index (χ4v) is 3.99. The molecule has 2 heterocycles. The SMILES string of the molecule is CCN1C(=O)/C(=C/c2cc(C)n(-c3cccc([N+](=O)[O-])c3)c2C)c2ccccc21. The van der Waals surface area contributed by atoms with E-state index >= 15 is 0 Å². The summed E-state index contributed by atoms with van der Waals surface area (Å²) in [7, 11) is 0. The predicted octanol–water partition coefficient (Wildman–Crippen LogP) is 4.91. The minimum atomic E-state index is -0.395. The van der Waals surface area contributed by atoms with Crippen LogP contribution in [-0.2, 0) is 4.79 Å². The van der Waals surface area contributed by atoms with Gasteiger partial charge in [-0.1, -0.05) is 24.3 Å². The molecule has 4 rings (SSSR count). The molecule has 1 amide bonds. The number of anilines is 1. The number of nitrogens with zero attached hydrogens (tertiary/aromatic N) is 3. The van der Waals surface area contributed by atoms with Gasteiger partial charge < -0.3 is 9.47 Å². The summed E-state index contributed by atoms with van der Waals surface area (Å²) >= 11 is 0. The van der Waals surface area contributed by atoms with Gasteiger partial charge in [0.25, 0.3) is 11.6 Å². The summed E-state index contributed by atoms with van der Waals surface area (Å²) < 4.78 is 1.97. The van der Waals surface area contributed by atoms with Crippen molar-refractivity contribution in [1.82, 2.24) is 4.57 Å². The minimum absolute atomic E-state index is 0.00569. The molecular formula is C23H21N3O3. The van der Waals surface area contributed by atoms with Gasteiger partial charge >= 0.3 is 0 Å². The molecule has 1 aliphatic heterocycles. The number of amides is 1. The highest BCUT2D eigenvalue weighted by atomic mass is 16.6. The first-order valence-electron chi connectivity index (χ1n) is 9.49. The van der Waals surface area contributed by atoms with Gasteiger partial charge in [-0.3, -0.25) is 14.9 Å². The van der Waals surface area contributed by atoms with Gasteiger partial charge in [-0.25, -0.2) is 0 Å². The van der Waals surface area contributed by atoms with Crippen LogP contribution < -0.4 is 4.90 Å². The van der Waals surface area contributed by atoms with E-state index in [2.05, 4.69) is 0 Å². The van der Waals surface area contributed by atoms with Crippen molar-refractivity contribution in [2.75, 3.05) is 11.4 Å². The summed E-state index contributed by atoms with van der Waals surface area (Å²) in [5.41, 5.74) is 6.10. The summed E-state index contributed by atoms with van der Waals surface area (Å²) in [5, 5.41) is 11.1. The van der Waals surface area contributed by atoms with E-state index in [1.54, 1.807) is 17.0 Å². The fourth-order valence-electron chi connectivity index (χ4n) is 3.99. The molecule has 0 spiro atoms. The summed E-state index contributed by atoms with van der Waals surface area (Å²) in [4.78, 5) is 25.5.